The van der Waals surface area contributed by atoms with Gasteiger partial charge in [-0.1, -0.05) is 6.07 Å². The van der Waals surface area contributed by atoms with Crippen molar-refractivity contribution < 1.29 is 19.2 Å². The lowest BCUT2D eigenvalue weighted by Crippen LogP contribution is -2.35. The highest BCUT2D eigenvalue weighted by molar-refractivity contribution is 6.12. The number of carbonyl (C=O) groups is 2. The Labute approximate surface area is 128 Å². The smallest absolute Gasteiger partial charge is 0.319 e. The molecule has 118 valence electrons. The molecule has 22 heavy (non-hydrogen) atoms. The molecule has 2 rings (SSSR count). The number of Topliss-reactive ketones (excluding diaryl/α,β-unsaturated/α-hetero) is 1. The van der Waals surface area contributed by atoms with Crippen LogP contribution in [0.15, 0.2) is 18.2 Å². The van der Waals surface area contributed by atoms with Gasteiger partial charge in [0.25, 0.3) is 5.69 Å². The van der Waals surface area contributed by atoms with Crippen LogP contribution < -0.4 is 0 Å². The zero-order chi connectivity index (χ0) is 16.5. The molecule has 0 heterocycles. The average molecular weight is 305 g/mol. The van der Waals surface area contributed by atoms with Crippen molar-refractivity contribution in [2.45, 2.75) is 39.5 Å². The fourth-order valence-corrected chi connectivity index (χ4v) is 2.35. The molecule has 0 bridgehead atoms. The second-order valence-electron chi connectivity index (χ2n) is 5.98. The molecule has 1 aromatic rings. The van der Waals surface area contributed by atoms with Crippen LogP contribution in [0.1, 0.15) is 55.5 Å². The van der Waals surface area contributed by atoms with E-state index in [2.05, 4.69) is 0 Å². The van der Waals surface area contributed by atoms with E-state index in [9.17, 15) is 19.7 Å². The van der Waals surface area contributed by atoms with Gasteiger partial charge in [0.2, 0.25) is 0 Å². The summed E-state index contributed by atoms with van der Waals surface area (Å²) in [7, 11) is 0. The maximum Gasteiger partial charge on any atom is 0.319 e. The number of benzene rings is 1. The number of non-ortho nitro benzene ring substituents is 1. The Bertz CT molecular complexity index is 631. The third-order valence-electron chi connectivity index (χ3n) is 3.86. The number of ether oxygens (including phenoxy) is 1. The van der Waals surface area contributed by atoms with Crippen LogP contribution in [0.2, 0.25) is 0 Å². The van der Waals surface area contributed by atoms with Crippen molar-refractivity contribution >= 4 is 17.4 Å². The first-order chi connectivity index (χ1) is 10.3. The van der Waals surface area contributed by atoms with E-state index in [1.165, 1.54) is 26.0 Å². The average Bonchev–Trinajstić information content (AvgIpc) is 3.30. The third-order valence-corrected chi connectivity index (χ3v) is 3.86. The molecule has 0 aliphatic heterocycles. The lowest BCUT2D eigenvalue weighted by atomic mass is 9.82. The first-order valence-corrected chi connectivity index (χ1v) is 7.29. The normalized spacial score (nSPS) is 14.5. The quantitative estimate of drug-likeness (QED) is 0.265. The predicted molar refractivity (Wildman–Crippen MR) is 79.8 cm³/mol. The van der Waals surface area contributed by atoms with Crippen molar-refractivity contribution in [1.82, 2.24) is 0 Å². The summed E-state index contributed by atoms with van der Waals surface area (Å²) in [6, 6.07) is 4.31. The molecular weight excluding hydrogens is 286 g/mol. The van der Waals surface area contributed by atoms with Gasteiger partial charge in [-0.2, -0.15) is 0 Å². The van der Waals surface area contributed by atoms with Crippen LogP contribution in [0.3, 0.4) is 0 Å². The van der Waals surface area contributed by atoms with E-state index >= 15 is 0 Å². The number of nitrogens with zero attached hydrogens (tertiary/aromatic N) is 1. The molecule has 0 aromatic heterocycles. The van der Waals surface area contributed by atoms with Crippen molar-refractivity contribution in [3.8, 4) is 0 Å². The van der Waals surface area contributed by atoms with Gasteiger partial charge in [-0.15, -0.1) is 0 Å². The first kappa shape index (κ1) is 16.1. The van der Waals surface area contributed by atoms with Gasteiger partial charge < -0.3 is 4.74 Å². The Kier molecular flexibility index (Phi) is 4.30. The Hall–Kier alpha value is -2.24. The first-order valence-electron chi connectivity index (χ1n) is 7.29. The fourth-order valence-electron chi connectivity index (χ4n) is 2.35. The van der Waals surface area contributed by atoms with Crippen LogP contribution in [-0.2, 0) is 9.53 Å². The maximum atomic E-state index is 12.8. The van der Waals surface area contributed by atoms with Gasteiger partial charge in [0, 0.05) is 17.7 Å². The Morgan fingerprint density at radius 1 is 1.36 bits per heavy atom. The van der Waals surface area contributed by atoms with Gasteiger partial charge in [0.05, 0.1) is 11.5 Å². The number of nitro benzene ring substituents is 1. The van der Waals surface area contributed by atoms with E-state index in [-0.39, 0.29) is 23.8 Å². The molecule has 0 spiro atoms. The van der Waals surface area contributed by atoms with Crippen molar-refractivity contribution in [3.05, 3.63) is 39.4 Å². The topological polar surface area (TPSA) is 86.5 Å². The van der Waals surface area contributed by atoms with Crippen LogP contribution in [0, 0.1) is 15.5 Å². The summed E-state index contributed by atoms with van der Waals surface area (Å²) in [6.45, 7) is 4.83. The highest BCUT2D eigenvalue weighted by Crippen LogP contribution is 2.43. The van der Waals surface area contributed by atoms with Gasteiger partial charge in [0.1, 0.15) is 5.41 Å². The summed E-state index contributed by atoms with van der Waals surface area (Å²) < 4.78 is 4.95. The number of esters is 1. The lowest BCUT2D eigenvalue weighted by molar-refractivity contribution is -0.384. The highest BCUT2D eigenvalue weighted by atomic mass is 16.6. The Morgan fingerprint density at radius 3 is 2.50 bits per heavy atom. The maximum absolute atomic E-state index is 12.8. The molecule has 6 nitrogen and oxygen atoms in total. The van der Waals surface area contributed by atoms with Crippen LogP contribution >= 0.6 is 0 Å². The Morgan fingerprint density at radius 2 is 2.00 bits per heavy atom. The largest absolute Gasteiger partial charge is 0.465 e. The van der Waals surface area contributed by atoms with E-state index < -0.39 is 22.1 Å². The molecule has 0 amide bonds. The third kappa shape index (κ3) is 3.00. The van der Waals surface area contributed by atoms with Crippen molar-refractivity contribution in [3.63, 3.8) is 0 Å². The van der Waals surface area contributed by atoms with Crippen molar-refractivity contribution in [2.75, 3.05) is 6.61 Å². The molecule has 0 radical (unpaired) electrons. The van der Waals surface area contributed by atoms with Gasteiger partial charge in [0.15, 0.2) is 5.78 Å². The molecule has 1 aliphatic rings. The zero-order valence-electron chi connectivity index (χ0n) is 12.9. The number of rotatable bonds is 6. The molecule has 1 saturated carbocycles. The Balaban J connectivity index is 2.44. The van der Waals surface area contributed by atoms with Crippen LogP contribution in [0.5, 0.6) is 0 Å². The summed E-state index contributed by atoms with van der Waals surface area (Å²) in [4.78, 5) is 35.2. The zero-order valence-corrected chi connectivity index (χ0v) is 12.9. The SMILES string of the molecule is CCOC(=O)C(C)(C)C(=O)c1cc([N+](=O)[O-])ccc1C1CC1. The highest BCUT2D eigenvalue weighted by Gasteiger charge is 2.41. The lowest BCUT2D eigenvalue weighted by Gasteiger charge is -2.22. The minimum atomic E-state index is -1.37. The number of hydrogen-bond acceptors (Lipinski definition) is 5. The molecule has 6 heteroatoms. The minimum Gasteiger partial charge on any atom is -0.465 e. The van der Waals surface area contributed by atoms with Crippen LogP contribution in [0.4, 0.5) is 5.69 Å². The van der Waals surface area contributed by atoms with Crippen molar-refractivity contribution in [2.24, 2.45) is 5.41 Å². The molecule has 0 unspecified atom stereocenters. The van der Waals surface area contributed by atoms with E-state index in [1.54, 1.807) is 13.0 Å². The molecular formula is C16H19NO5. The van der Waals surface area contributed by atoms with E-state index in [0.29, 0.717) is 0 Å². The van der Waals surface area contributed by atoms with Crippen LogP contribution in [0.25, 0.3) is 0 Å². The summed E-state index contributed by atoms with van der Waals surface area (Å²) >= 11 is 0. The number of carbonyl (C=O) groups excluding carboxylic acids is 2. The monoisotopic (exact) mass is 305 g/mol. The van der Waals surface area contributed by atoms with E-state index in [0.717, 1.165) is 18.4 Å². The molecule has 1 fully saturated rings. The minimum absolute atomic E-state index is 0.146. The van der Waals surface area contributed by atoms with Crippen LogP contribution in [-0.4, -0.2) is 23.3 Å². The van der Waals surface area contributed by atoms with Gasteiger partial charge in [-0.3, -0.25) is 19.7 Å². The second-order valence-corrected chi connectivity index (χ2v) is 5.98. The summed E-state index contributed by atoms with van der Waals surface area (Å²) in [6.07, 6.45) is 1.91. The molecule has 0 atom stereocenters. The number of ketones is 1. The van der Waals surface area contributed by atoms with Gasteiger partial charge >= 0.3 is 5.97 Å². The standard InChI is InChI=1S/C16H19NO5/c1-4-22-15(19)16(2,3)14(18)13-9-11(17(20)21)7-8-12(13)10-5-6-10/h7-10H,4-6H2,1-3H3. The molecule has 1 aliphatic carbocycles. The van der Waals surface area contributed by atoms with Crippen molar-refractivity contribution in [1.29, 1.82) is 0 Å². The van der Waals surface area contributed by atoms with Gasteiger partial charge in [-0.25, -0.2) is 0 Å². The summed E-state index contributed by atoms with van der Waals surface area (Å²) in [5.41, 5.74) is -0.468. The molecule has 0 N–H and O–H groups in total. The van der Waals surface area contributed by atoms with Gasteiger partial charge in [-0.05, 0) is 45.1 Å². The fraction of sp³-hybridized carbons (Fsp3) is 0.500. The molecule has 0 saturated heterocycles. The van der Waals surface area contributed by atoms with E-state index in [1.807, 2.05) is 0 Å². The molecule has 1 aromatic carbocycles. The van der Waals surface area contributed by atoms with E-state index in [4.69, 9.17) is 4.74 Å². The predicted octanol–water partition coefficient (Wildman–Crippen LogP) is 3.24. The number of nitro groups is 1. The number of hydrogen-bond donors (Lipinski definition) is 0. The summed E-state index contributed by atoms with van der Waals surface area (Å²) in [5.74, 6) is -0.803. The second kappa shape index (κ2) is 5.87. The summed E-state index contributed by atoms with van der Waals surface area (Å²) in [5, 5.41) is 11.0.